The van der Waals surface area contributed by atoms with E-state index in [0.717, 1.165) is 12.0 Å². The van der Waals surface area contributed by atoms with E-state index in [1.807, 2.05) is 26.8 Å². The molecule has 0 spiro atoms. The van der Waals surface area contributed by atoms with E-state index in [1.165, 1.54) is 6.07 Å². The van der Waals surface area contributed by atoms with Crippen molar-refractivity contribution in [2.24, 2.45) is 0 Å². The van der Waals surface area contributed by atoms with Crippen molar-refractivity contribution in [2.45, 2.75) is 58.3 Å². The molecule has 1 fully saturated rings. The highest BCUT2D eigenvalue weighted by molar-refractivity contribution is 5.48. The van der Waals surface area contributed by atoms with Crippen molar-refractivity contribution >= 4 is 5.69 Å². The lowest BCUT2D eigenvalue weighted by Gasteiger charge is -2.28. The van der Waals surface area contributed by atoms with Crippen LogP contribution < -0.4 is 5.32 Å². The van der Waals surface area contributed by atoms with Gasteiger partial charge in [-0.2, -0.15) is 0 Å². The Kier molecular flexibility index (Phi) is 3.14. The van der Waals surface area contributed by atoms with Crippen LogP contribution in [0.25, 0.3) is 0 Å². The number of anilines is 1. The van der Waals surface area contributed by atoms with Crippen LogP contribution in [0.2, 0.25) is 0 Å². The molecule has 0 radical (unpaired) electrons. The lowest BCUT2D eigenvalue weighted by atomic mass is 9.94. The number of rotatable bonds is 2. The fourth-order valence-corrected chi connectivity index (χ4v) is 2.72. The maximum absolute atomic E-state index is 13.8. The minimum absolute atomic E-state index is 0.115. The van der Waals surface area contributed by atoms with Crippen molar-refractivity contribution in [1.29, 1.82) is 0 Å². The zero-order valence-corrected chi connectivity index (χ0v) is 11.8. The van der Waals surface area contributed by atoms with Crippen LogP contribution in [0.3, 0.4) is 0 Å². The number of nitrogens with one attached hydrogen (secondary N) is 1. The zero-order chi connectivity index (χ0) is 13.6. The third-order valence-corrected chi connectivity index (χ3v) is 3.53. The summed E-state index contributed by atoms with van der Waals surface area (Å²) in [6, 6.07) is 5.24. The van der Waals surface area contributed by atoms with Crippen LogP contribution in [0.4, 0.5) is 10.1 Å². The molecule has 100 valence electrons. The van der Waals surface area contributed by atoms with Crippen LogP contribution in [0.15, 0.2) is 18.2 Å². The zero-order valence-electron chi connectivity index (χ0n) is 11.8. The van der Waals surface area contributed by atoms with Crippen LogP contribution in [0.1, 0.15) is 39.7 Å². The molecule has 0 amide bonds. The number of ether oxygens (including phenoxy) is 1. The van der Waals surface area contributed by atoms with Crippen molar-refractivity contribution < 1.29 is 9.13 Å². The summed E-state index contributed by atoms with van der Waals surface area (Å²) in [5.41, 5.74) is 1.16. The molecule has 1 atom stereocenters. The predicted octanol–water partition coefficient (Wildman–Crippen LogP) is 3.89. The van der Waals surface area contributed by atoms with Crippen LogP contribution in [-0.2, 0) is 4.74 Å². The standard InChI is InChI=1S/C15H22FNO/c1-10-6-7-11(16)12(8-10)17-13-9-14(2,3)18-15(13,4)5/h6-8,13,17H,9H2,1-5H3. The van der Waals surface area contributed by atoms with Crippen LogP contribution in [0.5, 0.6) is 0 Å². The third-order valence-electron chi connectivity index (χ3n) is 3.53. The quantitative estimate of drug-likeness (QED) is 0.861. The molecule has 1 aromatic carbocycles. The van der Waals surface area contributed by atoms with E-state index >= 15 is 0 Å². The molecule has 1 saturated heterocycles. The SMILES string of the molecule is Cc1ccc(F)c(NC2CC(C)(C)OC2(C)C)c1. The predicted molar refractivity (Wildman–Crippen MR) is 72.4 cm³/mol. The van der Waals surface area contributed by atoms with E-state index in [9.17, 15) is 4.39 Å². The van der Waals surface area contributed by atoms with Gasteiger partial charge in [-0.15, -0.1) is 0 Å². The lowest BCUT2D eigenvalue weighted by molar-refractivity contribution is -0.0662. The van der Waals surface area contributed by atoms with E-state index in [0.29, 0.717) is 5.69 Å². The summed E-state index contributed by atoms with van der Waals surface area (Å²) < 4.78 is 19.8. The minimum Gasteiger partial charge on any atom is -0.377 e. The van der Waals surface area contributed by atoms with Crippen molar-refractivity contribution in [3.63, 3.8) is 0 Å². The van der Waals surface area contributed by atoms with Gasteiger partial charge in [0, 0.05) is 0 Å². The van der Waals surface area contributed by atoms with Crippen LogP contribution in [-0.4, -0.2) is 17.2 Å². The number of hydrogen-bond acceptors (Lipinski definition) is 2. The van der Waals surface area contributed by atoms with Crippen molar-refractivity contribution in [1.82, 2.24) is 0 Å². The monoisotopic (exact) mass is 251 g/mol. The number of halogens is 1. The molecule has 0 aliphatic carbocycles. The van der Waals surface area contributed by atoms with Gasteiger partial charge in [0.25, 0.3) is 0 Å². The first-order valence-electron chi connectivity index (χ1n) is 6.42. The van der Waals surface area contributed by atoms with Crippen LogP contribution in [0, 0.1) is 12.7 Å². The Bertz CT molecular complexity index is 454. The first-order valence-corrected chi connectivity index (χ1v) is 6.42. The maximum Gasteiger partial charge on any atom is 0.146 e. The fraction of sp³-hybridized carbons (Fsp3) is 0.600. The van der Waals surface area contributed by atoms with Gasteiger partial charge in [0.05, 0.1) is 22.9 Å². The molecule has 18 heavy (non-hydrogen) atoms. The summed E-state index contributed by atoms with van der Waals surface area (Å²) in [6.07, 6.45) is 0.868. The fourth-order valence-electron chi connectivity index (χ4n) is 2.72. The molecule has 1 aromatic rings. The van der Waals surface area contributed by atoms with Gasteiger partial charge in [-0.1, -0.05) is 6.07 Å². The molecule has 1 unspecified atom stereocenters. The van der Waals surface area contributed by atoms with E-state index in [1.54, 1.807) is 6.07 Å². The molecule has 1 N–H and O–H groups in total. The molecule has 3 heteroatoms. The third kappa shape index (κ3) is 2.66. The second-order valence-corrected chi connectivity index (χ2v) is 6.35. The number of benzene rings is 1. The molecular formula is C15H22FNO. The van der Waals surface area contributed by atoms with E-state index in [-0.39, 0.29) is 23.1 Å². The molecular weight excluding hydrogens is 229 g/mol. The van der Waals surface area contributed by atoms with Crippen LogP contribution >= 0.6 is 0 Å². The Labute approximate surface area is 109 Å². The van der Waals surface area contributed by atoms with Crippen molar-refractivity contribution in [3.05, 3.63) is 29.6 Å². The van der Waals surface area contributed by atoms with Gasteiger partial charge in [-0.3, -0.25) is 0 Å². The summed E-state index contributed by atoms with van der Waals surface area (Å²) >= 11 is 0. The maximum atomic E-state index is 13.8. The van der Waals surface area contributed by atoms with Gasteiger partial charge in [0.1, 0.15) is 5.82 Å². The molecule has 0 saturated carbocycles. The molecule has 1 aliphatic rings. The van der Waals surface area contributed by atoms with Gasteiger partial charge >= 0.3 is 0 Å². The summed E-state index contributed by atoms with van der Waals surface area (Å²) in [5, 5.41) is 3.30. The van der Waals surface area contributed by atoms with E-state index < -0.39 is 0 Å². The largest absolute Gasteiger partial charge is 0.377 e. The smallest absolute Gasteiger partial charge is 0.146 e. The molecule has 0 bridgehead atoms. The Morgan fingerprint density at radius 1 is 1.28 bits per heavy atom. The number of aryl methyl sites for hydroxylation is 1. The molecule has 0 aromatic heterocycles. The average molecular weight is 251 g/mol. The first kappa shape index (κ1) is 13.3. The summed E-state index contributed by atoms with van der Waals surface area (Å²) in [5.74, 6) is -0.207. The van der Waals surface area contributed by atoms with Gasteiger partial charge < -0.3 is 10.1 Å². The minimum atomic E-state index is -0.292. The first-order chi connectivity index (χ1) is 8.20. The summed E-state index contributed by atoms with van der Waals surface area (Å²) in [7, 11) is 0. The Balaban J connectivity index is 2.21. The van der Waals surface area contributed by atoms with Crippen molar-refractivity contribution in [2.75, 3.05) is 5.32 Å². The Morgan fingerprint density at radius 3 is 2.50 bits per heavy atom. The normalized spacial score (nSPS) is 25.1. The lowest BCUT2D eigenvalue weighted by Crippen LogP contribution is -2.38. The Hall–Kier alpha value is -1.09. The van der Waals surface area contributed by atoms with E-state index in [2.05, 4.69) is 19.2 Å². The van der Waals surface area contributed by atoms with Gasteiger partial charge in [0.15, 0.2) is 0 Å². The van der Waals surface area contributed by atoms with Gasteiger partial charge in [-0.25, -0.2) is 4.39 Å². The average Bonchev–Trinajstić information content (AvgIpc) is 2.40. The molecule has 1 heterocycles. The van der Waals surface area contributed by atoms with E-state index in [4.69, 9.17) is 4.74 Å². The Morgan fingerprint density at radius 2 is 1.94 bits per heavy atom. The highest BCUT2D eigenvalue weighted by Gasteiger charge is 2.45. The highest BCUT2D eigenvalue weighted by Crippen LogP contribution is 2.39. The molecule has 2 nitrogen and oxygen atoms in total. The second kappa shape index (κ2) is 4.23. The number of hydrogen-bond donors (Lipinski definition) is 1. The summed E-state index contributed by atoms with van der Waals surface area (Å²) in [4.78, 5) is 0. The molecule has 1 aliphatic heterocycles. The topological polar surface area (TPSA) is 21.3 Å². The van der Waals surface area contributed by atoms with Gasteiger partial charge in [0.2, 0.25) is 0 Å². The second-order valence-electron chi connectivity index (χ2n) is 6.35. The molecule has 2 rings (SSSR count). The van der Waals surface area contributed by atoms with Crippen molar-refractivity contribution in [3.8, 4) is 0 Å². The van der Waals surface area contributed by atoms with Gasteiger partial charge in [-0.05, 0) is 58.7 Å². The summed E-state index contributed by atoms with van der Waals surface area (Å²) in [6.45, 7) is 10.2. The highest BCUT2D eigenvalue weighted by atomic mass is 19.1.